The lowest BCUT2D eigenvalue weighted by molar-refractivity contribution is 0.0850. The maximum Gasteiger partial charge on any atom is 0.222 e. The van der Waals surface area contributed by atoms with Gasteiger partial charge in [0.25, 0.3) is 0 Å². The maximum absolute atomic E-state index is 9.53. The molecule has 0 saturated carbocycles. The van der Waals surface area contributed by atoms with Crippen molar-refractivity contribution in [2.24, 2.45) is 7.05 Å². The van der Waals surface area contributed by atoms with Gasteiger partial charge in [0.05, 0.1) is 28.5 Å². The van der Waals surface area contributed by atoms with Gasteiger partial charge in [0.15, 0.2) is 0 Å². The van der Waals surface area contributed by atoms with E-state index in [0.717, 1.165) is 42.8 Å². The molecule has 0 spiro atoms. The average molecular weight is 391 g/mol. The van der Waals surface area contributed by atoms with Gasteiger partial charge < -0.3 is 20.4 Å². The number of nitrogens with one attached hydrogen (secondary N) is 1. The molecule has 0 aromatic carbocycles. The van der Waals surface area contributed by atoms with Gasteiger partial charge in [-0.25, -0.2) is 9.97 Å². The molecule has 0 amide bonds. The van der Waals surface area contributed by atoms with Crippen molar-refractivity contribution in [3.05, 3.63) is 40.8 Å². The summed E-state index contributed by atoms with van der Waals surface area (Å²) in [5.41, 5.74) is 11.0. The van der Waals surface area contributed by atoms with Crippen LogP contribution < -0.4 is 11.1 Å². The number of anilines is 2. The Labute approximate surface area is 169 Å². The first-order chi connectivity index (χ1) is 14.0. The van der Waals surface area contributed by atoms with Gasteiger partial charge in [0, 0.05) is 26.5 Å². The molecule has 150 valence electrons. The Hall–Kier alpha value is -3.18. The molecule has 0 unspecified atom stereocenters. The van der Waals surface area contributed by atoms with Crippen LogP contribution >= 0.6 is 0 Å². The Bertz CT molecular complexity index is 1090. The number of nitrogens with zero attached hydrogens (tertiary/aromatic N) is 5. The number of ether oxygens (including phenoxy) is 1. The van der Waals surface area contributed by atoms with Crippen LogP contribution in [0.4, 0.5) is 11.8 Å². The van der Waals surface area contributed by atoms with E-state index in [4.69, 9.17) is 15.5 Å². The molecule has 4 rings (SSSR count). The quantitative estimate of drug-likeness (QED) is 0.702. The normalized spacial score (nSPS) is 15.9. The molecular weight excluding hydrogens is 366 g/mol. The van der Waals surface area contributed by atoms with Crippen molar-refractivity contribution in [3.8, 4) is 6.07 Å². The number of rotatable bonds is 4. The number of hydrogen-bond donors (Lipinski definition) is 2. The first kappa shape index (κ1) is 19.2. The number of nitriles is 1. The Morgan fingerprint density at radius 2 is 2.07 bits per heavy atom. The third kappa shape index (κ3) is 3.61. The van der Waals surface area contributed by atoms with Crippen LogP contribution in [0.25, 0.3) is 11.0 Å². The third-order valence-electron chi connectivity index (χ3n) is 5.57. The molecule has 3 aromatic rings. The zero-order chi connectivity index (χ0) is 20.5. The van der Waals surface area contributed by atoms with Gasteiger partial charge in [-0.3, -0.25) is 0 Å². The Morgan fingerprint density at radius 1 is 1.31 bits per heavy atom. The van der Waals surface area contributed by atoms with Crippen LogP contribution in [0.1, 0.15) is 54.2 Å². The highest BCUT2D eigenvalue weighted by Crippen LogP contribution is 2.35. The van der Waals surface area contributed by atoms with E-state index < -0.39 is 0 Å². The van der Waals surface area contributed by atoms with Crippen molar-refractivity contribution in [3.63, 3.8) is 0 Å². The summed E-state index contributed by atoms with van der Waals surface area (Å²) < 4.78 is 7.65. The van der Waals surface area contributed by atoms with E-state index in [9.17, 15) is 5.26 Å². The summed E-state index contributed by atoms with van der Waals surface area (Å²) >= 11 is 0. The molecule has 1 aliphatic heterocycles. The SMILES string of the molecule is Cc1nc(N)nc(N[C@@H](C)c2nc3ccn(C)c3cc2C2CCOCC2)c1C#N. The van der Waals surface area contributed by atoms with E-state index in [1.807, 2.05) is 26.2 Å². The third-order valence-corrected chi connectivity index (χ3v) is 5.57. The van der Waals surface area contributed by atoms with Gasteiger partial charge in [-0.05, 0) is 50.3 Å². The topological polar surface area (TPSA) is 115 Å². The summed E-state index contributed by atoms with van der Waals surface area (Å²) in [7, 11) is 2.03. The van der Waals surface area contributed by atoms with Crippen LogP contribution in [-0.4, -0.2) is 32.7 Å². The second kappa shape index (κ2) is 7.68. The largest absolute Gasteiger partial charge is 0.381 e. The minimum atomic E-state index is -0.154. The first-order valence-electron chi connectivity index (χ1n) is 9.82. The highest BCUT2D eigenvalue weighted by atomic mass is 16.5. The molecular formula is C21H25N7O. The molecule has 0 aliphatic carbocycles. The van der Waals surface area contributed by atoms with E-state index in [-0.39, 0.29) is 12.0 Å². The van der Waals surface area contributed by atoms with E-state index in [1.165, 1.54) is 5.56 Å². The predicted molar refractivity (Wildman–Crippen MR) is 111 cm³/mol. The molecule has 1 saturated heterocycles. The monoisotopic (exact) mass is 391 g/mol. The summed E-state index contributed by atoms with van der Waals surface area (Å²) in [6.07, 6.45) is 3.97. The summed E-state index contributed by atoms with van der Waals surface area (Å²) in [6.45, 7) is 5.32. The van der Waals surface area contributed by atoms with Crippen molar-refractivity contribution in [1.29, 1.82) is 5.26 Å². The van der Waals surface area contributed by atoms with Crippen molar-refractivity contribution in [2.45, 2.75) is 38.6 Å². The van der Waals surface area contributed by atoms with Gasteiger partial charge in [0.2, 0.25) is 5.95 Å². The fourth-order valence-electron chi connectivity index (χ4n) is 4.00. The van der Waals surface area contributed by atoms with Crippen molar-refractivity contribution < 1.29 is 4.74 Å². The molecule has 4 heterocycles. The van der Waals surface area contributed by atoms with Crippen LogP contribution in [0, 0.1) is 18.3 Å². The Balaban J connectivity index is 1.77. The second-order valence-electron chi connectivity index (χ2n) is 7.55. The fraction of sp³-hybridized carbons (Fsp3) is 0.429. The minimum absolute atomic E-state index is 0.146. The summed E-state index contributed by atoms with van der Waals surface area (Å²) in [5, 5.41) is 12.9. The van der Waals surface area contributed by atoms with Crippen LogP contribution in [0.15, 0.2) is 18.3 Å². The number of nitrogen functional groups attached to an aromatic ring is 1. The van der Waals surface area contributed by atoms with Crippen molar-refractivity contribution >= 4 is 22.8 Å². The number of pyridine rings is 1. The lowest BCUT2D eigenvalue weighted by Crippen LogP contribution is -2.20. The summed E-state index contributed by atoms with van der Waals surface area (Å²) in [5.74, 6) is 0.979. The Morgan fingerprint density at radius 3 is 2.79 bits per heavy atom. The molecule has 0 radical (unpaired) electrons. The van der Waals surface area contributed by atoms with E-state index in [0.29, 0.717) is 23.0 Å². The number of fused-ring (bicyclic) bond motifs is 1. The highest BCUT2D eigenvalue weighted by molar-refractivity contribution is 5.77. The molecule has 1 aliphatic rings. The molecule has 3 N–H and O–H groups in total. The van der Waals surface area contributed by atoms with Crippen LogP contribution in [0.3, 0.4) is 0 Å². The Kier molecular flexibility index (Phi) is 5.07. The van der Waals surface area contributed by atoms with Crippen molar-refractivity contribution in [1.82, 2.24) is 19.5 Å². The number of nitrogens with two attached hydrogens (primary N) is 1. The zero-order valence-corrected chi connectivity index (χ0v) is 16.9. The summed E-state index contributed by atoms with van der Waals surface area (Å²) in [6, 6.07) is 6.29. The van der Waals surface area contributed by atoms with Gasteiger partial charge in [-0.1, -0.05) is 0 Å². The maximum atomic E-state index is 9.53. The summed E-state index contributed by atoms with van der Waals surface area (Å²) in [4.78, 5) is 13.3. The van der Waals surface area contributed by atoms with E-state index >= 15 is 0 Å². The minimum Gasteiger partial charge on any atom is -0.381 e. The smallest absolute Gasteiger partial charge is 0.222 e. The molecule has 8 heteroatoms. The molecule has 29 heavy (non-hydrogen) atoms. The van der Waals surface area contributed by atoms with Gasteiger partial charge in [0.1, 0.15) is 17.5 Å². The average Bonchev–Trinajstić information content (AvgIpc) is 3.07. The predicted octanol–water partition coefficient (Wildman–Crippen LogP) is 3.19. The molecule has 8 nitrogen and oxygen atoms in total. The van der Waals surface area contributed by atoms with Crippen LogP contribution in [0.2, 0.25) is 0 Å². The van der Waals surface area contributed by atoms with Crippen LogP contribution in [0.5, 0.6) is 0 Å². The zero-order valence-electron chi connectivity index (χ0n) is 16.9. The van der Waals surface area contributed by atoms with E-state index in [2.05, 4.69) is 32.0 Å². The number of aryl methyl sites for hydroxylation is 2. The van der Waals surface area contributed by atoms with Gasteiger partial charge >= 0.3 is 0 Å². The van der Waals surface area contributed by atoms with Gasteiger partial charge in [-0.15, -0.1) is 0 Å². The number of aromatic nitrogens is 4. The van der Waals surface area contributed by atoms with Crippen molar-refractivity contribution in [2.75, 3.05) is 24.3 Å². The first-order valence-corrected chi connectivity index (χ1v) is 9.82. The molecule has 1 fully saturated rings. The molecule has 1 atom stereocenters. The van der Waals surface area contributed by atoms with Crippen LogP contribution in [-0.2, 0) is 11.8 Å². The molecule has 3 aromatic heterocycles. The fourth-order valence-corrected chi connectivity index (χ4v) is 4.00. The second-order valence-corrected chi connectivity index (χ2v) is 7.55. The molecule has 0 bridgehead atoms. The van der Waals surface area contributed by atoms with E-state index in [1.54, 1.807) is 6.92 Å². The van der Waals surface area contributed by atoms with Gasteiger partial charge in [-0.2, -0.15) is 10.2 Å². The number of hydrogen-bond acceptors (Lipinski definition) is 7. The lowest BCUT2D eigenvalue weighted by Gasteiger charge is -2.27. The highest BCUT2D eigenvalue weighted by Gasteiger charge is 2.25. The lowest BCUT2D eigenvalue weighted by atomic mass is 9.88. The standard InChI is InChI=1S/C21H25N7O/c1-12-16(11-22)20(27-21(23)25-12)24-13(2)19-15(14-5-8-29-9-6-14)10-18-17(26-19)4-7-28(18)3/h4,7,10,13-14H,5-6,8-9H2,1-3H3,(H3,23,24,25,27)/t13-/m0/s1.